The second kappa shape index (κ2) is 5.14. The number of pyridine rings is 1. The minimum Gasteiger partial charge on any atom is -0.363 e. The smallest absolute Gasteiger partial charge is 0.332 e. The van der Waals surface area contributed by atoms with Gasteiger partial charge in [0.15, 0.2) is 11.5 Å². The van der Waals surface area contributed by atoms with Gasteiger partial charge in [-0.15, -0.1) is 0 Å². The molecule has 0 spiro atoms. The Labute approximate surface area is 125 Å². The Morgan fingerprint density at radius 3 is 2.68 bits per heavy atom. The van der Waals surface area contributed by atoms with E-state index in [1.54, 1.807) is 19.3 Å². The third kappa shape index (κ3) is 2.00. The number of fused-ring (bicyclic) bond motifs is 1. The first-order valence-corrected chi connectivity index (χ1v) is 6.79. The Morgan fingerprint density at radius 2 is 2.05 bits per heavy atom. The van der Waals surface area contributed by atoms with Gasteiger partial charge in [0.25, 0.3) is 5.56 Å². The standard InChI is InChI=1S/C14H15N5O3/c1-4-8-7-15-12-10(11(8)16-9-5-6-22-17-9)13(20)19(3)14(21)18(12)2/h5-7H,4H2,1-3H3,(H,15,16,17). The number of anilines is 2. The lowest BCUT2D eigenvalue weighted by Gasteiger charge is -2.14. The Bertz CT molecular complexity index is 953. The second-order valence-electron chi connectivity index (χ2n) is 4.93. The highest BCUT2D eigenvalue weighted by atomic mass is 16.5. The largest absolute Gasteiger partial charge is 0.363 e. The molecular formula is C14H15N5O3. The Morgan fingerprint density at radius 1 is 1.27 bits per heavy atom. The molecule has 3 aromatic heterocycles. The molecular weight excluding hydrogens is 286 g/mol. The zero-order chi connectivity index (χ0) is 15.9. The average molecular weight is 301 g/mol. The van der Waals surface area contributed by atoms with Crippen molar-refractivity contribution in [3.8, 4) is 0 Å². The average Bonchev–Trinajstić information content (AvgIpc) is 3.03. The molecule has 3 rings (SSSR count). The maximum absolute atomic E-state index is 12.5. The van der Waals surface area contributed by atoms with E-state index in [0.29, 0.717) is 29.0 Å². The van der Waals surface area contributed by atoms with Gasteiger partial charge in [-0.2, -0.15) is 0 Å². The van der Waals surface area contributed by atoms with Crippen molar-refractivity contribution < 1.29 is 4.52 Å². The number of hydrogen-bond donors (Lipinski definition) is 1. The molecule has 0 aliphatic rings. The van der Waals surface area contributed by atoms with Gasteiger partial charge in [-0.3, -0.25) is 13.9 Å². The molecule has 0 aliphatic carbocycles. The van der Waals surface area contributed by atoms with Crippen molar-refractivity contribution in [2.75, 3.05) is 5.32 Å². The van der Waals surface area contributed by atoms with Crippen molar-refractivity contribution in [1.82, 2.24) is 19.3 Å². The van der Waals surface area contributed by atoms with Gasteiger partial charge in [0.1, 0.15) is 11.6 Å². The van der Waals surface area contributed by atoms with Crippen molar-refractivity contribution in [3.05, 3.63) is 44.9 Å². The first-order chi connectivity index (χ1) is 10.5. The lowest BCUT2D eigenvalue weighted by Crippen LogP contribution is -2.37. The van der Waals surface area contributed by atoms with Crippen molar-refractivity contribution in [2.24, 2.45) is 14.1 Å². The lowest BCUT2D eigenvalue weighted by atomic mass is 10.1. The summed E-state index contributed by atoms with van der Waals surface area (Å²) in [4.78, 5) is 28.8. The van der Waals surface area contributed by atoms with Crippen LogP contribution in [0.15, 0.2) is 32.6 Å². The van der Waals surface area contributed by atoms with E-state index in [1.807, 2.05) is 6.92 Å². The number of hydrogen-bond acceptors (Lipinski definition) is 6. The minimum atomic E-state index is -0.415. The van der Waals surface area contributed by atoms with E-state index in [4.69, 9.17) is 4.52 Å². The van der Waals surface area contributed by atoms with Gasteiger partial charge >= 0.3 is 5.69 Å². The second-order valence-corrected chi connectivity index (χ2v) is 4.93. The minimum absolute atomic E-state index is 0.330. The molecule has 22 heavy (non-hydrogen) atoms. The molecule has 8 heteroatoms. The van der Waals surface area contributed by atoms with Gasteiger partial charge in [0, 0.05) is 26.4 Å². The Kier molecular flexibility index (Phi) is 3.28. The van der Waals surface area contributed by atoms with Crippen LogP contribution in [0.3, 0.4) is 0 Å². The van der Waals surface area contributed by atoms with E-state index in [1.165, 1.54) is 17.9 Å². The molecule has 0 saturated heterocycles. The van der Waals surface area contributed by atoms with Crippen LogP contribution in [0.4, 0.5) is 11.5 Å². The van der Waals surface area contributed by atoms with Crippen molar-refractivity contribution in [3.63, 3.8) is 0 Å². The molecule has 0 radical (unpaired) electrons. The fourth-order valence-electron chi connectivity index (χ4n) is 2.38. The number of nitrogens with one attached hydrogen (secondary N) is 1. The van der Waals surface area contributed by atoms with Crippen LogP contribution in [0.25, 0.3) is 11.0 Å². The Balaban J connectivity index is 2.42. The van der Waals surface area contributed by atoms with Gasteiger partial charge in [-0.05, 0) is 12.0 Å². The summed E-state index contributed by atoms with van der Waals surface area (Å²) >= 11 is 0. The van der Waals surface area contributed by atoms with E-state index in [9.17, 15) is 9.59 Å². The summed E-state index contributed by atoms with van der Waals surface area (Å²) < 4.78 is 7.22. The van der Waals surface area contributed by atoms with Crippen molar-refractivity contribution >= 4 is 22.5 Å². The summed E-state index contributed by atoms with van der Waals surface area (Å²) in [5.74, 6) is 0.484. The molecule has 0 bridgehead atoms. The van der Waals surface area contributed by atoms with E-state index in [0.717, 1.165) is 10.1 Å². The van der Waals surface area contributed by atoms with Crippen molar-refractivity contribution in [1.29, 1.82) is 0 Å². The molecule has 8 nitrogen and oxygen atoms in total. The van der Waals surface area contributed by atoms with Crippen molar-refractivity contribution in [2.45, 2.75) is 13.3 Å². The molecule has 0 fully saturated rings. The third-order valence-corrected chi connectivity index (χ3v) is 3.62. The molecule has 0 aromatic carbocycles. The Hall–Kier alpha value is -2.90. The van der Waals surface area contributed by atoms with Crippen LogP contribution in [0, 0.1) is 0 Å². The fourth-order valence-corrected chi connectivity index (χ4v) is 2.38. The highest BCUT2D eigenvalue weighted by molar-refractivity contribution is 5.91. The quantitative estimate of drug-likeness (QED) is 0.773. The number of aromatic nitrogens is 4. The first-order valence-electron chi connectivity index (χ1n) is 6.79. The maximum atomic E-state index is 12.5. The van der Waals surface area contributed by atoms with Crippen LogP contribution < -0.4 is 16.6 Å². The summed E-state index contributed by atoms with van der Waals surface area (Å²) in [7, 11) is 3.03. The summed E-state index contributed by atoms with van der Waals surface area (Å²) in [6.07, 6.45) is 3.77. The van der Waals surface area contributed by atoms with Gasteiger partial charge < -0.3 is 9.84 Å². The topological polar surface area (TPSA) is 95.0 Å². The summed E-state index contributed by atoms with van der Waals surface area (Å²) in [5, 5.41) is 7.24. The molecule has 3 heterocycles. The van der Waals surface area contributed by atoms with Gasteiger partial charge in [0.05, 0.1) is 5.69 Å². The van der Waals surface area contributed by atoms with E-state index < -0.39 is 11.2 Å². The van der Waals surface area contributed by atoms with Crippen LogP contribution in [0.2, 0.25) is 0 Å². The van der Waals surface area contributed by atoms with E-state index >= 15 is 0 Å². The van der Waals surface area contributed by atoms with Gasteiger partial charge in [-0.1, -0.05) is 12.1 Å². The number of nitrogens with zero attached hydrogens (tertiary/aromatic N) is 4. The van der Waals surface area contributed by atoms with Crippen LogP contribution in [-0.4, -0.2) is 19.3 Å². The molecule has 0 amide bonds. The third-order valence-electron chi connectivity index (χ3n) is 3.62. The van der Waals surface area contributed by atoms with Crippen LogP contribution >= 0.6 is 0 Å². The van der Waals surface area contributed by atoms with Gasteiger partial charge in [0.2, 0.25) is 0 Å². The molecule has 0 saturated carbocycles. The molecule has 114 valence electrons. The highest BCUT2D eigenvalue weighted by Crippen LogP contribution is 2.25. The number of aryl methyl sites for hydroxylation is 2. The molecule has 1 N–H and O–H groups in total. The lowest BCUT2D eigenvalue weighted by molar-refractivity contribution is 0.423. The zero-order valence-electron chi connectivity index (χ0n) is 12.5. The summed E-state index contributed by atoms with van der Waals surface area (Å²) in [5.41, 5.74) is 0.966. The van der Waals surface area contributed by atoms with Crippen LogP contribution in [-0.2, 0) is 20.5 Å². The van der Waals surface area contributed by atoms with Crippen LogP contribution in [0.5, 0.6) is 0 Å². The first kappa shape index (κ1) is 14.1. The monoisotopic (exact) mass is 301 g/mol. The van der Waals surface area contributed by atoms with Crippen LogP contribution in [0.1, 0.15) is 12.5 Å². The summed E-state index contributed by atoms with van der Waals surface area (Å²) in [6.45, 7) is 1.96. The zero-order valence-corrected chi connectivity index (χ0v) is 12.5. The predicted molar refractivity (Wildman–Crippen MR) is 81.4 cm³/mol. The normalized spacial score (nSPS) is 11.0. The molecule has 0 unspecified atom stereocenters. The molecule has 3 aromatic rings. The molecule has 0 aliphatic heterocycles. The molecule has 0 atom stereocenters. The maximum Gasteiger partial charge on any atom is 0.332 e. The SMILES string of the molecule is CCc1cnc2c(c1Nc1ccon1)c(=O)n(C)c(=O)n2C. The number of rotatable bonds is 3. The fraction of sp³-hybridized carbons (Fsp3) is 0.286. The predicted octanol–water partition coefficient (Wildman–Crippen LogP) is 0.926. The van der Waals surface area contributed by atoms with E-state index in [2.05, 4.69) is 15.5 Å². The van der Waals surface area contributed by atoms with Gasteiger partial charge in [-0.25, -0.2) is 9.78 Å². The highest BCUT2D eigenvalue weighted by Gasteiger charge is 2.17. The van der Waals surface area contributed by atoms with E-state index in [-0.39, 0.29) is 0 Å². The summed E-state index contributed by atoms with van der Waals surface area (Å²) in [6, 6.07) is 1.65.